The lowest BCUT2D eigenvalue weighted by Crippen LogP contribution is -2.46. The molecule has 6 heteroatoms. The Hall–Kier alpha value is -2.44. The van der Waals surface area contributed by atoms with Gasteiger partial charge in [-0.1, -0.05) is 18.2 Å². The Morgan fingerprint density at radius 3 is 2.73 bits per heavy atom. The molecule has 30 heavy (non-hydrogen) atoms. The Bertz CT molecular complexity index is 898. The van der Waals surface area contributed by atoms with Crippen molar-refractivity contribution < 1.29 is 4.79 Å². The third-order valence-corrected chi connectivity index (χ3v) is 6.99. The van der Waals surface area contributed by atoms with Crippen LogP contribution in [0.4, 0.5) is 5.82 Å². The number of piperidine rings is 2. The van der Waals surface area contributed by atoms with Crippen LogP contribution in [-0.2, 0) is 13.1 Å². The Balaban J connectivity index is 1.21. The van der Waals surface area contributed by atoms with Gasteiger partial charge in [-0.3, -0.25) is 9.69 Å². The molecule has 2 fully saturated rings. The zero-order valence-corrected chi connectivity index (χ0v) is 17.5. The third kappa shape index (κ3) is 3.94. The number of nitrogens with two attached hydrogens (primary N) is 1. The first-order chi connectivity index (χ1) is 14.7. The first-order valence-corrected chi connectivity index (χ1v) is 11.2. The summed E-state index contributed by atoms with van der Waals surface area (Å²) in [6.45, 7) is 5.88. The highest BCUT2D eigenvalue weighted by atomic mass is 16.2. The summed E-state index contributed by atoms with van der Waals surface area (Å²) < 4.78 is 0. The van der Waals surface area contributed by atoms with E-state index >= 15 is 0 Å². The molecule has 1 aromatic carbocycles. The first kappa shape index (κ1) is 19.5. The van der Waals surface area contributed by atoms with Gasteiger partial charge in [0.15, 0.2) is 0 Å². The van der Waals surface area contributed by atoms with Crippen LogP contribution in [0.3, 0.4) is 0 Å². The van der Waals surface area contributed by atoms with Gasteiger partial charge < -0.3 is 16.0 Å². The second kappa shape index (κ2) is 8.36. The summed E-state index contributed by atoms with van der Waals surface area (Å²) >= 11 is 0. The lowest BCUT2D eigenvalue weighted by atomic mass is 9.88. The molecular weight excluding hydrogens is 374 g/mol. The van der Waals surface area contributed by atoms with Crippen molar-refractivity contribution in [3.8, 4) is 0 Å². The number of carbonyl (C=O) groups is 1. The first-order valence-electron chi connectivity index (χ1n) is 11.2. The molecule has 0 bridgehead atoms. The molecular formula is C24H31N5O. The molecule has 1 atom stereocenters. The minimum absolute atomic E-state index is 0.220. The minimum atomic E-state index is 0.220. The molecule has 1 aromatic heterocycles. The smallest absolute Gasteiger partial charge is 0.254 e. The van der Waals surface area contributed by atoms with Crippen molar-refractivity contribution in [2.75, 3.05) is 31.9 Å². The van der Waals surface area contributed by atoms with Crippen LogP contribution in [0.1, 0.15) is 58.6 Å². The number of rotatable bonds is 4. The van der Waals surface area contributed by atoms with E-state index in [4.69, 9.17) is 5.73 Å². The SMILES string of the molecule is Nc1ccc(CN2CCC(c3ccc4c(c3)CN(C3CCCNC3)C4=O)CC2)cn1. The number of pyridine rings is 1. The number of benzene rings is 1. The van der Waals surface area contributed by atoms with E-state index in [-0.39, 0.29) is 5.91 Å². The summed E-state index contributed by atoms with van der Waals surface area (Å²) in [7, 11) is 0. The van der Waals surface area contributed by atoms with E-state index in [9.17, 15) is 4.79 Å². The van der Waals surface area contributed by atoms with E-state index in [0.717, 1.165) is 70.5 Å². The average molecular weight is 406 g/mol. The van der Waals surface area contributed by atoms with Crippen LogP contribution < -0.4 is 11.1 Å². The molecule has 4 heterocycles. The number of nitrogens with zero attached hydrogens (tertiary/aromatic N) is 3. The molecule has 3 aliphatic rings. The quantitative estimate of drug-likeness (QED) is 0.818. The minimum Gasteiger partial charge on any atom is -0.384 e. The highest BCUT2D eigenvalue weighted by Gasteiger charge is 2.34. The standard InChI is InChI=1S/C24H31N5O/c25-23-6-3-17(13-27-23)15-28-10-7-18(8-11-28)19-4-5-22-20(12-19)16-29(24(22)30)21-2-1-9-26-14-21/h3-6,12-13,18,21,26H,1-2,7-11,14-16H2,(H2,25,27). The number of carbonyl (C=O) groups excluding carboxylic acids is 1. The largest absolute Gasteiger partial charge is 0.384 e. The molecule has 2 aromatic rings. The fourth-order valence-electron chi connectivity index (χ4n) is 5.22. The topological polar surface area (TPSA) is 74.5 Å². The van der Waals surface area contributed by atoms with Gasteiger partial charge in [0.2, 0.25) is 0 Å². The Morgan fingerprint density at radius 2 is 2.00 bits per heavy atom. The maximum Gasteiger partial charge on any atom is 0.254 e. The van der Waals surface area contributed by atoms with Crippen LogP contribution in [0.5, 0.6) is 0 Å². The van der Waals surface area contributed by atoms with E-state index in [2.05, 4.69) is 44.4 Å². The number of likely N-dealkylation sites (tertiary alicyclic amines) is 1. The summed E-state index contributed by atoms with van der Waals surface area (Å²) in [5, 5.41) is 3.44. The van der Waals surface area contributed by atoms with Gasteiger partial charge in [0.25, 0.3) is 5.91 Å². The lowest BCUT2D eigenvalue weighted by Gasteiger charge is -2.32. The molecule has 0 saturated carbocycles. The van der Waals surface area contributed by atoms with Gasteiger partial charge in [-0.2, -0.15) is 0 Å². The summed E-state index contributed by atoms with van der Waals surface area (Å²) in [5.41, 5.74) is 10.4. The maximum absolute atomic E-state index is 12.9. The van der Waals surface area contributed by atoms with Crippen LogP contribution in [0.2, 0.25) is 0 Å². The molecule has 1 unspecified atom stereocenters. The predicted molar refractivity (Wildman–Crippen MR) is 118 cm³/mol. The van der Waals surface area contributed by atoms with E-state index in [0.29, 0.717) is 17.8 Å². The second-order valence-corrected chi connectivity index (χ2v) is 8.99. The molecule has 0 spiro atoms. The Kier molecular flexibility index (Phi) is 5.44. The predicted octanol–water partition coefficient (Wildman–Crippen LogP) is 2.75. The van der Waals surface area contributed by atoms with Crippen LogP contribution >= 0.6 is 0 Å². The molecule has 2 saturated heterocycles. The van der Waals surface area contributed by atoms with E-state index in [1.807, 2.05) is 12.3 Å². The average Bonchev–Trinajstić information content (AvgIpc) is 3.12. The third-order valence-electron chi connectivity index (χ3n) is 6.99. The van der Waals surface area contributed by atoms with Crippen LogP contribution in [-0.4, -0.2) is 52.9 Å². The fourth-order valence-corrected chi connectivity index (χ4v) is 5.22. The molecule has 5 rings (SSSR count). The Labute approximate surface area is 178 Å². The van der Waals surface area contributed by atoms with E-state index < -0.39 is 0 Å². The number of aromatic nitrogens is 1. The van der Waals surface area contributed by atoms with Crippen molar-refractivity contribution in [2.24, 2.45) is 0 Å². The maximum atomic E-state index is 12.9. The normalized spacial score (nSPS) is 23.0. The number of anilines is 1. The summed E-state index contributed by atoms with van der Waals surface area (Å²) in [6.07, 6.45) is 6.46. The number of nitrogen functional groups attached to an aromatic ring is 1. The summed E-state index contributed by atoms with van der Waals surface area (Å²) in [6, 6.07) is 10.9. The van der Waals surface area contributed by atoms with E-state index in [1.165, 1.54) is 16.7 Å². The van der Waals surface area contributed by atoms with Crippen molar-refractivity contribution in [2.45, 2.75) is 50.7 Å². The van der Waals surface area contributed by atoms with Gasteiger partial charge in [-0.25, -0.2) is 4.98 Å². The zero-order valence-electron chi connectivity index (χ0n) is 17.5. The Morgan fingerprint density at radius 1 is 1.13 bits per heavy atom. The molecule has 3 N–H and O–H groups in total. The lowest BCUT2D eigenvalue weighted by molar-refractivity contribution is 0.0674. The molecule has 158 valence electrons. The molecule has 0 aliphatic carbocycles. The van der Waals surface area contributed by atoms with Gasteiger partial charge >= 0.3 is 0 Å². The van der Waals surface area contributed by atoms with Gasteiger partial charge in [-0.15, -0.1) is 0 Å². The second-order valence-electron chi connectivity index (χ2n) is 8.99. The summed E-state index contributed by atoms with van der Waals surface area (Å²) in [5.74, 6) is 1.37. The van der Waals surface area contributed by atoms with Crippen molar-refractivity contribution in [1.29, 1.82) is 0 Å². The highest BCUT2D eigenvalue weighted by molar-refractivity contribution is 5.98. The van der Waals surface area contributed by atoms with Crippen LogP contribution in [0.15, 0.2) is 36.5 Å². The molecule has 6 nitrogen and oxygen atoms in total. The number of hydrogen-bond donors (Lipinski definition) is 2. The number of amides is 1. The number of hydrogen-bond acceptors (Lipinski definition) is 5. The van der Waals surface area contributed by atoms with Crippen molar-refractivity contribution in [1.82, 2.24) is 20.1 Å². The van der Waals surface area contributed by atoms with Crippen LogP contribution in [0.25, 0.3) is 0 Å². The van der Waals surface area contributed by atoms with E-state index in [1.54, 1.807) is 0 Å². The highest BCUT2D eigenvalue weighted by Crippen LogP contribution is 2.33. The van der Waals surface area contributed by atoms with Gasteiger partial charge in [0, 0.05) is 37.4 Å². The van der Waals surface area contributed by atoms with Crippen molar-refractivity contribution in [3.63, 3.8) is 0 Å². The van der Waals surface area contributed by atoms with Crippen molar-refractivity contribution in [3.05, 3.63) is 58.8 Å². The number of fused-ring (bicyclic) bond motifs is 1. The number of nitrogens with one attached hydrogen (secondary N) is 1. The monoisotopic (exact) mass is 405 g/mol. The fraction of sp³-hybridized carbons (Fsp3) is 0.500. The van der Waals surface area contributed by atoms with Gasteiger partial charge in [0.05, 0.1) is 0 Å². The van der Waals surface area contributed by atoms with Gasteiger partial charge in [0.1, 0.15) is 5.82 Å². The zero-order chi connectivity index (χ0) is 20.5. The van der Waals surface area contributed by atoms with Crippen molar-refractivity contribution >= 4 is 11.7 Å². The van der Waals surface area contributed by atoms with Gasteiger partial charge in [-0.05, 0) is 80.1 Å². The van der Waals surface area contributed by atoms with Crippen LogP contribution in [0, 0.1) is 0 Å². The molecule has 1 amide bonds. The molecule has 3 aliphatic heterocycles. The summed E-state index contributed by atoms with van der Waals surface area (Å²) in [4.78, 5) is 21.7. The molecule has 0 radical (unpaired) electrons.